The van der Waals surface area contributed by atoms with E-state index < -0.39 is 6.61 Å². The summed E-state index contributed by atoms with van der Waals surface area (Å²) in [6.07, 6.45) is 3.35. The van der Waals surface area contributed by atoms with E-state index in [2.05, 4.69) is 43.7 Å². The zero-order chi connectivity index (χ0) is 18.7. The van der Waals surface area contributed by atoms with E-state index in [-0.39, 0.29) is 18.0 Å². The molecular formula is C22H26F2O2. The van der Waals surface area contributed by atoms with Crippen molar-refractivity contribution < 1.29 is 18.3 Å². The van der Waals surface area contributed by atoms with Gasteiger partial charge >= 0.3 is 6.61 Å². The van der Waals surface area contributed by atoms with Crippen LogP contribution in [0.15, 0.2) is 42.5 Å². The summed E-state index contributed by atoms with van der Waals surface area (Å²) in [5, 5.41) is 0. The minimum absolute atomic E-state index is 0.148. The largest absolute Gasteiger partial charge is 0.435 e. The Morgan fingerprint density at radius 2 is 1.81 bits per heavy atom. The maximum Gasteiger partial charge on any atom is 0.387 e. The highest BCUT2D eigenvalue weighted by molar-refractivity contribution is 5.38. The van der Waals surface area contributed by atoms with E-state index >= 15 is 0 Å². The predicted octanol–water partition coefficient (Wildman–Crippen LogP) is 6.06. The van der Waals surface area contributed by atoms with Crippen LogP contribution in [0.3, 0.4) is 0 Å². The van der Waals surface area contributed by atoms with Gasteiger partial charge in [0.05, 0.1) is 12.2 Å². The Bertz CT molecular complexity index is 717. The number of halogens is 2. The van der Waals surface area contributed by atoms with Crippen molar-refractivity contribution in [2.75, 3.05) is 0 Å². The third-order valence-electron chi connectivity index (χ3n) is 5.04. The molecule has 1 saturated heterocycles. The minimum Gasteiger partial charge on any atom is -0.435 e. The first-order chi connectivity index (χ1) is 12.4. The summed E-state index contributed by atoms with van der Waals surface area (Å²) >= 11 is 0. The van der Waals surface area contributed by atoms with Gasteiger partial charge in [-0.3, -0.25) is 0 Å². The zero-order valence-corrected chi connectivity index (χ0v) is 15.5. The lowest BCUT2D eigenvalue weighted by molar-refractivity contribution is -0.0604. The fraction of sp³-hybridized carbons (Fsp3) is 0.455. The molecule has 26 heavy (non-hydrogen) atoms. The lowest BCUT2D eigenvalue weighted by Gasteiger charge is -2.32. The average Bonchev–Trinajstić information content (AvgIpc) is 2.57. The van der Waals surface area contributed by atoms with Gasteiger partial charge in [0.25, 0.3) is 0 Å². The molecule has 0 saturated carbocycles. The van der Waals surface area contributed by atoms with Crippen molar-refractivity contribution in [2.45, 2.75) is 58.9 Å². The standard InChI is InChI=1S/C22H26F2O2/c1-14-10-16(3)25-21(11-14)18-7-4-15(2)19(13-18)12-17-5-8-20(9-6-17)26-22(23)24/h4-9,13-14,16,21-22H,10-12H2,1-3H3/t14-,16+,21+/m0/s1. The van der Waals surface area contributed by atoms with Gasteiger partial charge < -0.3 is 9.47 Å². The van der Waals surface area contributed by atoms with E-state index in [0.29, 0.717) is 5.92 Å². The van der Waals surface area contributed by atoms with Crippen LogP contribution in [0.1, 0.15) is 55.0 Å². The van der Waals surface area contributed by atoms with E-state index in [4.69, 9.17) is 4.74 Å². The van der Waals surface area contributed by atoms with Gasteiger partial charge in [0, 0.05) is 0 Å². The Labute approximate surface area is 154 Å². The van der Waals surface area contributed by atoms with Crippen molar-refractivity contribution in [1.82, 2.24) is 0 Å². The molecule has 0 radical (unpaired) electrons. The summed E-state index contributed by atoms with van der Waals surface area (Å²) < 4.78 is 35.1. The molecule has 3 atom stereocenters. The Morgan fingerprint density at radius 1 is 1.08 bits per heavy atom. The van der Waals surface area contributed by atoms with Crippen LogP contribution in [0.4, 0.5) is 8.78 Å². The summed E-state index contributed by atoms with van der Waals surface area (Å²) in [5.74, 6) is 0.851. The van der Waals surface area contributed by atoms with Crippen LogP contribution in [0.25, 0.3) is 0 Å². The van der Waals surface area contributed by atoms with Crippen molar-refractivity contribution in [1.29, 1.82) is 0 Å². The highest BCUT2D eigenvalue weighted by Gasteiger charge is 2.25. The van der Waals surface area contributed by atoms with Crippen LogP contribution < -0.4 is 4.74 Å². The number of alkyl halides is 2. The summed E-state index contributed by atoms with van der Waals surface area (Å²) in [4.78, 5) is 0. The number of ether oxygens (including phenoxy) is 2. The average molecular weight is 360 g/mol. The van der Waals surface area contributed by atoms with Crippen molar-refractivity contribution in [3.05, 3.63) is 64.7 Å². The molecule has 1 fully saturated rings. The highest BCUT2D eigenvalue weighted by atomic mass is 19.3. The van der Waals surface area contributed by atoms with Crippen LogP contribution in [0.5, 0.6) is 5.75 Å². The first kappa shape index (κ1) is 18.8. The van der Waals surface area contributed by atoms with Crippen molar-refractivity contribution >= 4 is 0 Å². The molecule has 0 amide bonds. The fourth-order valence-corrected chi connectivity index (χ4v) is 3.73. The Kier molecular flexibility index (Phi) is 5.92. The lowest BCUT2D eigenvalue weighted by atomic mass is 9.89. The monoisotopic (exact) mass is 360 g/mol. The fourth-order valence-electron chi connectivity index (χ4n) is 3.73. The number of rotatable bonds is 5. The quantitative estimate of drug-likeness (QED) is 0.645. The lowest BCUT2D eigenvalue weighted by Crippen LogP contribution is -2.24. The minimum atomic E-state index is -2.79. The molecule has 0 N–H and O–H groups in total. The molecule has 1 aliphatic rings. The molecule has 2 aromatic rings. The molecule has 3 rings (SSSR count). The van der Waals surface area contributed by atoms with Gasteiger partial charge in [0.2, 0.25) is 0 Å². The number of hydrogen-bond acceptors (Lipinski definition) is 2. The van der Waals surface area contributed by atoms with Gasteiger partial charge in [-0.05, 0) is 73.4 Å². The van der Waals surface area contributed by atoms with E-state index in [1.54, 1.807) is 12.1 Å². The molecule has 2 aromatic carbocycles. The summed E-state index contributed by atoms with van der Waals surface area (Å²) in [6, 6.07) is 13.4. The molecule has 2 nitrogen and oxygen atoms in total. The predicted molar refractivity (Wildman–Crippen MR) is 98.7 cm³/mol. The van der Waals surface area contributed by atoms with Gasteiger partial charge in [-0.2, -0.15) is 8.78 Å². The third-order valence-corrected chi connectivity index (χ3v) is 5.04. The van der Waals surface area contributed by atoms with E-state index in [0.717, 1.165) is 24.8 Å². The van der Waals surface area contributed by atoms with Gasteiger partial charge in [-0.1, -0.05) is 37.3 Å². The molecule has 1 heterocycles. The molecular weight excluding hydrogens is 334 g/mol. The number of aryl methyl sites for hydroxylation is 1. The number of hydrogen-bond donors (Lipinski definition) is 0. The van der Waals surface area contributed by atoms with Crippen LogP contribution in [-0.2, 0) is 11.2 Å². The molecule has 1 aliphatic heterocycles. The third kappa shape index (κ3) is 4.82. The van der Waals surface area contributed by atoms with Crippen LogP contribution in [0, 0.1) is 12.8 Å². The Balaban J connectivity index is 1.75. The van der Waals surface area contributed by atoms with Crippen LogP contribution in [-0.4, -0.2) is 12.7 Å². The van der Waals surface area contributed by atoms with Crippen LogP contribution in [0.2, 0.25) is 0 Å². The van der Waals surface area contributed by atoms with Gasteiger partial charge in [0.15, 0.2) is 0 Å². The summed E-state index contributed by atoms with van der Waals surface area (Å²) in [5.41, 5.74) is 4.75. The maximum atomic E-state index is 12.3. The van der Waals surface area contributed by atoms with Gasteiger partial charge in [-0.25, -0.2) is 0 Å². The second-order valence-corrected chi connectivity index (χ2v) is 7.40. The topological polar surface area (TPSA) is 18.5 Å². The first-order valence-corrected chi connectivity index (χ1v) is 9.19. The number of benzene rings is 2. The van der Waals surface area contributed by atoms with E-state index in [9.17, 15) is 8.78 Å². The molecule has 0 unspecified atom stereocenters. The summed E-state index contributed by atoms with van der Waals surface area (Å²) in [7, 11) is 0. The zero-order valence-electron chi connectivity index (χ0n) is 15.5. The first-order valence-electron chi connectivity index (χ1n) is 9.19. The summed E-state index contributed by atoms with van der Waals surface area (Å²) in [6.45, 7) is 3.73. The van der Waals surface area contributed by atoms with Crippen molar-refractivity contribution in [2.24, 2.45) is 5.92 Å². The van der Waals surface area contributed by atoms with Crippen molar-refractivity contribution in [3.63, 3.8) is 0 Å². The Morgan fingerprint density at radius 3 is 2.46 bits per heavy atom. The second-order valence-electron chi connectivity index (χ2n) is 7.40. The molecule has 0 bridgehead atoms. The molecule has 140 valence electrons. The van der Waals surface area contributed by atoms with Crippen LogP contribution >= 0.6 is 0 Å². The maximum absolute atomic E-state index is 12.3. The molecule has 0 aromatic heterocycles. The van der Waals surface area contributed by atoms with E-state index in [1.807, 2.05) is 12.1 Å². The molecule has 4 heteroatoms. The second kappa shape index (κ2) is 8.17. The van der Waals surface area contributed by atoms with Gasteiger partial charge in [0.1, 0.15) is 5.75 Å². The highest BCUT2D eigenvalue weighted by Crippen LogP contribution is 2.35. The Hall–Kier alpha value is -1.94. The molecule has 0 spiro atoms. The smallest absolute Gasteiger partial charge is 0.387 e. The normalized spacial score (nSPS) is 23.2. The molecule has 0 aliphatic carbocycles. The van der Waals surface area contributed by atoms with E-state index in [1.165, 1.54) is 16.7 Å². The SMILES string of the molecule is Cc1ccc([C@H]2C[C@@H](C)C[C@@H](C)O2)cc1Cc1ccc(OC(F)F)cc1. The van der Waals surface area contributed by atoms with Gasteiger partial charge in [-0.15, -0.1) is 0 Å². The van der Waals surface area contributed by atoms with Crippen molar-refractivity contribution in [3.8, 4) is 5.75 Å².